The topological polar surface area (TPSA) is 32.6 Å². The van der Waals surface area contributed by atoms with E-state index in [9.17, 15) is 4.39 Å². The first-order valence-electron chi connectivity index (χ1n) is 5.41. The molecule has 1 heterocycles. The quantitative estimate of drug-likeness (QED) is 0.788. The van der Waals surface area contributed by atoms with Crippen LogP contribution in [0, 0.1) is 5.82 Å². The fraction of sp³-hybridized carbons (Fsp3) is 0.333. The monoisotopic (exact) mass is 220 g/mol. The number of hydrogen-bond donors (Lipinski definition) is 1. The molecule has 3 nitrogen and oxygen atoms in total. The van der Waals surface area contributed by atoms with Crippen molar-refractivity contribution in [2.24, 2.45) is 7.05 Å². The van der Waals surface area contributed by atoms with Gasteiger partial charge in [-0.2, -0.15) is 9.78 Å². The van der Waals surface area contributed by atoms with Gasteiger partial charge in [0.05, 0.1) is 5.56 Å². The second-order valence-electron chi connectivity index (χ2n) is 3.81. The molecule has 0 radical (unpaired) electrons. The van der Waals surface area contributed by atoms with Crippen molar-refractivity contribution in [3.63, 3.8) is 0 Å². The predicted molar refractivity (Wildman–Crippen MR) is 59.2 cm³/mol. The molecule has 0 bridgehead atoms. The summed E-state index contributed by atoms with van der Waals surface area (Å²) in [5.41, 5.74) is 0.919. The molecule has 4 heteroatoms. The summed E-state index contributed by atoms with van der Waals surface area (Å²) in [5.74, 6) is 1.57. The number of rotatable bonds is 3. The van der Waals surface area contributed by atoms with Crippen molar-refractivity contribution >= 4 is 0 Å². The minimum absolute atomic E-state index is 0.226. The van der Waals surface area contributed by atoms with Crippen LogP contribution in [-0.4, -0.2) is 10.1 Å². The van der Waals surface area contributed by atoms with Crippen LogP contribution < -0.4 is 4.68 Å². The van der Waals surface area contributed by atoms with E-state index in [-0.39, 0.29) is 5.82 Å². The molecule has 1 aromatic heterocycles. The Labute approximate surface area is 93.9 Å². The first kappa shape index (κ1) is 10.8. The van der Waals surface area contributed by atoms with E-state index in [2.05, 4.69) is 17.0 Å². The number of benzene rings is 1. The molecule has 0 aliphatic carbocycles. The molecule has 0 unspecified atom stereocenters. The summed E-state index contributed by atoms with van der Waals surface area (Å²) >= 11 is 0. The Morgan fingerprint density at radius 1 is 1.31 bits per heavy atom. The van der Waals surface area contributed by atoms with Crippen LogP contribution in [0.25, 0.3) is 11.4 Å². The Balaban J connectivity index is 2.36. The first-order chi connectivity index (χ1) is 7.70. The third kappa shape index (κ3) is 2.10. The van der Waals surface area contributed by atoms with E-state index in [4.69, 9.17) is 0 Å². The highest BCUT2D eigenvalue weighted by Gasteiger charge is 2.17. The van der Waals surface area contributed by atoms with Gasteiger partial charge in [-0.15, -0.1) is 0 Å². The van der Waals surface area contributed by atoms with Gasteiger partial charge >= 0.3 is 5.82 Å². The van der Waals surface area contributed by atoms with Crippen molar-refractivity contribution in [1.82, 2.24) is 10.1 Å². The number of nitrogens with zero attached hydrogens (tertiary/aromatic N) is 2. The maximum absolute atomic E-state index is 12.8. The highest BCUT2D eigenvalue weighted by atomic mass is 19.1. The van der Waals surface area contributed by atoms with Crippen molar-refractivity contribution < 1.29 is 9.07 Å². The number of H-pyrrole nitrogens is 1. The highest BCUT2D eigenvalue weighted by molar-refractivity contribution is 5.51. The van der Waals surface area contributed by atoms with E-state index in [0.29, 0.717) is 0 Å². The molecular formula is C12H15FN3+. The van der Waals surface area contributed by atoms with Gasteiger partial charge in [0.25, 0.3) is 5.82 Å². The van der Waals surface area contributed by atoms with E-state index in [1.54, 1.807) is 12.1 Å². The standard InChI is InChI=1S/C12H14FN3/c1-3-4-11-14-12(16(2)15-11)9-5-7-10(13)8-6-9/h5-8H,3-4H2,1-2H3/p+1. The number of aromatic nitrogens is 3. The van der Waals surface area contributed by atoms with Gasteiger partial charge in [0.15, 0.2) is 0 Å². The lowest BCUT2D eigenvalue weighted by Crippen LogP contribution is -2.32. The summed E-state index contributed by atoms with van der Waals surface area (Å²) in [5, 5.41) is 3.17. The van der Waals surface area contributed by atoms with Crippen molar-refractivity contribution in [2.45, 2.75) is 19.8 Å². The first-order valence-corrected chi connectivity index (χ1v) is 5.41. The van der Waals surface area contributed by atoms with Crippen LogP contribution in [0.3, 0.4) is 0 Å². The van der Waals surface area contributed by atoms with Crippen molar-refractivity contribution in [1.29, 1.82) is 0 Å². The van der Waals surface area contributed by atoms with E-state index in [1.165, 1.54) is 12.1 Å². The summed E-state index contributed by atoms with van der Waals surface area (Å²) in [6.45, 7) is 2.11. The normalized spacial score (nSPS) is 10.7. The molecule has 2 aromatic rings. The van der Waals surface area contributed by atoms with Crippen LogP contribution in [0.5, 0.6) is 0 Å². The Morgan fingerprint density at radius 2 is 2.00 bits per heavy atom. The van der Waals surface area contributed by atoms with Gasteiger partial charge in [-0.3, -0.25) is 0 Å². The molecule has 0 aliphatic heterocycles. The van der Waals surface area contributed by atoms with Crippen LogP contribution in [0.4, 0.5) is 4.39 Å². The van der Waals surface area contributed by atoms with Crippen LogP contribution >= 0.6 is 0 Å². The zero-order valence-electron chi connectivity index (χ0n) is 9.50. The minimum Gasteiger partial charge on any atom is -0.207 e. The number of halogens is 1. The van der Waals surface area contributed by atoms with E-state index in [0.717, 1.165) is 30.1 Å². The molecule has 2 rings (SSSR count). The molecule has 84 valence electrons. The molecule has 16 heavy (non-hydrogen) atoms. The predicted octanol–water partition coefficient (Wildman–Crippen LogP) is 1.99. The van der Waals surface area contributed by atoms with Gasteiger partial charge in [-0.1, -0.05) is 6.92 Å². The molecule has 0 atom stereocenters. The number of aromatic amines is 1. The largest absolute Gasteiger partial charge is 0.350 e. The maximum atomic E-state index is 12.8. The van der Waals surface area contributed by atoms with Crippen LogP contribution in [0.15, 0.2) is 24.3 Å². The van der Waals surface area contributed by atoms with E-state index in [1.807, 2.05) is 11.7 Å². The molecule has 0 spiro atoms. The molecule has 0 saturated carbocycles. The van der Waals surface area contributed by atoms with E-state index < -0.39 is 0 Å². The smallest absolute Gasteiger partial charge is 0.207 e. The lowest BCUT2D eigenvalue weighted by atomic mass is 10.2. The average molecular weight is 220 g/mol. The molecule has 0 fully saturated rings. The molecular weight excluding hydrogens is 205 g/mol. The maximum Gasteiger partial charge on any atom is 0.350 e. The van der Waals surface area contributed by atoms with Gasteiger partial charge in [-0.05, 0) is 35.7 Å². The summed E-state index contributed by atoms with van der Waals surface area (Å²) in [6, 6.07) is 6.37. The zero-order chi connectivity index (χ0) is 11.5. The Morgan fingerprint density at radius 3 is 2.62 bits per heavy atom. The zero-order valence-corrected chi connectivity index (χ0v) is 9.50. The lowest BCUT2D eigenvalue weighted by molar-refractivity contribution is -0.718. The average Bonchev–Trinajstić information content (AvgIpc) is 2.61. The van der Waals surface area contributed by atoms with Gasteiger partial charge in [0.2, 0.25) is 0 Å². The Hall–Kier alpha value is -1.71. The molecule has 0 amide bonds. The van der Waals surface area contributed by atoms with Crippen molar-refractivity contribution in [3.8, 4) is 11.4 Å². The summed E-state index contributed by atoms with van der Waals surface area (Å²) in [4.78, 5) is 4.48. The molecule has 0 saturated heterocycles. The Bertz CT molecular complexity index is 474. The van der Waals surface area contributed by atoms with Crippen LogP contribution in [0.1, 0.15) is 19.2 Å². The summed E-state index contributed by atoms with van der Waals surface area (Å²) < 4.78 is 14.7. The number of nitrogens with one attached hydrogen (secondary N) is 1. The van der Waals surface area contributed by atoms with Gasteiger partial charge in [-0.25, -0.2) is 4.39 Å². The van der Waals surface area contributed by atoms with E-state index >= 15 is 0 Å². The van der Waals surface area contributed by atoms with Crippen molar-refractivity contribution in [3.05, 3.63) is 35.9 Å². The number of hydrogen-bond acceptors (Lipinski definition) is 1. The third-order valence-electron chi connectivity index (χ3n) is 2.44. The molecule has 1 N–H and O–H groups in total. The van der Waals surface area contributed by atoms with Crippen LogP contribution in [0.2, 0.25) is 0 Å². The second kappa shape index (κ2) is 4.43. The number of aryl methyl sites for hydroxylation is 2. The van der Waals surface area contributed by atoms with Gasteiger partial charge in [0.1, 0.15) is 12.9 Å². The van der Waals surface area contributed by atoms with Crippen molar-refractivity contribution in [2.75, 3.05) is 0 Å². The third-order valence-corrected chi connectivity index (χ3v) is 2.44. The SMILES string of the molecule is CCCc1nc(-c2ccc(F)cc2)[n+](C)[nH]1. The van der Waals surface area contributed by atoms with Gasteiger partial charge < -0.3 is 0 Å². The lowest BCUT2D eigenvalue weighted by Gasteiger charge is -1.92. The second-order valence-corrected chi connectivity index (χ2v) is 3.81. The molecule has 1 aromatic carbocycles. The molecule has 0 aliphatic rings. The summed E-state index contributed by atoms with van der Waals surface area (Å²) in [7, 11) is 1.91. The summed E-state index contributed by atoms with van der Waals surface area (Å²) in [6.07, 6.45) is 1.98. The Kier molecular flexibility index (Phi) is 2.99. The minimum atomic E-state index is -0.226. The fourth-order valence-electron chi connectivity index (χ4n) is 1.68. The van der Waals surface area contributed by atoms with Gasteiger partial charge in [0, 0.05) is 6.42 Å². The fourth-order valence-corrected chi connectivity index (χ4v) is 1.68. The van der Waals surface area contributed by atoms with Crippen LogP contribution in [-0.2, 0) is 13.5 Å². The highest BCUT2D eigenvalue weighted by Crippen LogP contribution is 2.13.